The van der Waals surface area contributed by atoms with Crippen LogP contribution in [0.3, 0.4) is 0 Å². The predicted octanol–water partition coefficient (Wildman–Crippen LogP) is 0.945. The van der Waals surface area contributed by atoms with Crippen LogP contribution >= 0.6 is 0 Å². The van der Waals surface area contributed by atoms with E-state index in [-0.39, 0.29) is 22.9 Å². The van der Waals surface area contributed by atoms with Gasteiger partial charge in [-0.05, 0) is 18.9 Å². The lowest BCUT2D eigenvalue weighted by atomic mass is 9.93. The van der Waals surface area contributed by atoms with Crippen LogP contribution < -0.4 is 11.1 Å². The number of aryl methyl sites for hydroxylation is 1. The van der Waals surface area contributed by atoms with Crippen LogP contribution in [-0.2, 0) is 7.05 Å². The molecule has 29 heavy (non-hydrogen) atoms. The molecule has 1 saturated heterocycles. The number of hydrogen-bond donors (Lipinski definition) is 1. The molecule has 3 aromatic rings. The smallest absolute Gasteiger partial charge is 0.255 e. The molecule has 0 saturated carbocycles. The second-order valence-electron chi connectivity index (χ2n) is 7.04. The number of rotatable bonds is 3. The molecule has 4 rings (SSSR count). The van der Waals surface area contributed by atoms with E-state index in [0.29, 0.717) is 48.7 Å². The number of aromatic amines is 1. The number of pyridine rings is 1. The van der Waals surface area contributed by atoms with Crippen molar-refractivity contribution in [3.05, 3.63) is 75.0 Å². The van der Waals surface area contributed by atoms with Gasteiger partial charge >= 0.3 is 0 Å². The highest BCUT2D eigenvalue weighted by atomic mass is 16.2. The Bertz CT molecular complexity index is 1150. The first kappa shape index (κ1) is 18.7. The predicted molar refractivity (Wildman–Crippen MR) is 105 cm³/mol. The van der Waals surface area contributed by atoms with E-state index in [1.807, 2.05) is 0 Å². The molecule has 0 aromatic carbocycles. The van der Waals surface area contributed by atoms with Gasteiger partial charge < -0.3 is 14.5 Å². The Kier molecular flexibility index (Phi) is 5.03. The summed E-state index contributed by atoms with van der Waals surface area (Å²) in [4.78, 5) is 53.6. The maximum atomic E-state index is 12.7. The molecule has 0 atom stereocenters. The fourth-order valence-corrected chi connectivity index (χ4v) is 3.51. The molecular weight excluding hydrogens is 372 g/mol. The lowest BCUT2D eigenvalue weighted by molar-refractivity contribution is 0.0711. The van der Waals surface area contributed by atoms with Crippen molar-refractivity contribution in [2.75, 3.05) is 13.1 Å². The van der Waals surface area contributed by atoms with Crippen LogP contribution in [0.25, 0.3) is 11.5 Å². The quantitative estimate of drug-likeness (QED) is 0.710. The topological polar surface area (TPSA) is 114 Å². The molecule has 1 N–H and O–H groups in total. The zero-order chi connectivity index (χ0) is 20.4. The number of piperidine rings is 1. The van der Waals surface area contributed by atoms with Crippen molar-refractivity contribution in [3.8, 4) is 11.5 Å². The summed E-state index contributed by atoms with van der Waals surface area (Å²) in [6.45, 7) is 1.11. The highest BCUT2D eigenvalue weighted by molar-refractivity contribution is 5.94. The number of H-pyrrole nitrogens is 1. The highest BCUT2D eigenvalue weighted by Gasteiger charge is 2.26. The largest absolute Gasteiger partial charge is 0.339 e. The van der Waals surface area contributed by atoms with E-state index in [1.54, 1.807) is 42.8 Å². The maximum Gasteiger partial charge on any atom is 0.255 e. The number of carbonyl (C=O) groups is 1. The third-order valence-corrected chi connectivity index (χ3v) is 5.10. The average molecular weight is 392 g/mol. The fraction of sp³-hybridized carbons (Fsp3) is 0.300. The first-order valence-corrected chi connectivity index (χ1v) is 9.35. The van der Waals surface area contributed by atoms with Gasteiger partial charge in [0.25, 0.3) is 11.5 Å². The van der Waals surface area contributed by atoms with Crippen molar-refractivity contribution in [1.29, 1.82) is 0 Å². The molecule has 1 fully saturated rings. The Hall–Kier alpha value is -3.62. The third-order valence-electron chi connectivity index (χ3n) is 5.10. The molecule has 0 bridgehead atoms. The maximum absolute atomic E-state index is 12.7. The minimum atomic E-state index is -0.237. The summed E-state index contributed by atoms with van der Waals surface area (Å²) >= 11 is 0. The van der Waals surface area contributed by atoms with Gasteiger partial charge in [-0.3, -0.25) is 19.4 Å². The summed E-state index contributed by atoms with van der Waals surface area (Å²) in [6, 6.07) is 4.46. The Balaban J connectivity index is 1.49. The Morgan fingerprint density at radius 2 is 1.97 bits per heavy atom. The van der Waals surface area contributed by atoms with Crippen molar-refractivity contribution < 1.29 is 4.79 Å². The van der Waals surface area contributed by atoms with Crippen LogP contribution in [0.4, 0.5) is 0 Å². The van der Waals surface area contributed by atoms with E-state index in [0.717, 1.165) is 0 Å². The number of amides is 1. The zero-order valence-corrected chi connectivity index (χ0v) is 15.9. The lowest BCUT2D eigenvalue weighted by Crippen LogP contribution is -2.38. The second kappa shape index (κ2) is 7.78. The normalized spacial score (nSPS) is 14.7. The minimum Gasteiger partial charge on any atom is -0.339 e. The summed E-state index contributed by atoms with van der Waals surface area (Å²) < 4.78 is 1.40. The van der Waals surface area contributed by atoms with Gasteiger partial charge in [0, 0.05) is 56.8 Å². The Morgan fingerprint density at radius 1 is 1.17 bits per heavy atom. The van der Waals surface area contributed by atoms with Gasteiger partial charge in [-0.2, -0.15) is 0 Å². The first-order chi connectivity index (χ1) is 14.0. The van der Waals surface area contributed by atoms with Crippen molar-refractivity contribution in [1.82, 2.24) is 29.4 Å². The van der Waals surface area contributed by atoms with Gasteiger partial charge in [0.2, 0.25) is 5.56 Å². The molecule has 0 spiro atoms. The Morgan fingerprint density at radius 3 is 2.66 bits per heavy atom. The Labute approximate surface area is 166 Å². The second-order valence-corrected chi connectivity index (χ2v) is 7.04. The molecule has 1 aliphatic heterocycles. The van der Waals surface area contributed by atoms with Gasteiger partial charge in [-0.1, -0.05) is 0 Å². The van der Waals surface area contributed by atoms with Crippen molar-refractivity contribution in [2.45, 2.75) is 18.8 Å². The van der Waals surface area contributed by atoms with Gasteiger partial charge in [0.1, 0.15) is 5.69 Å². The first-order valence-electron chi connectivity index (χ1n) is 9.35. The molecular formula is C20H20N6O3. The summed E-state index contributed by atoms with van der Waals surface area (Å²) in [5, 5.41) is 0. The van der Waals surface area contributed by atoms with Gasteiger partial charge in [0.05, 0.1) is 17.5 Å². The van der Waals surface area contributed by atoms with Crippen LogP contribution in [0, 0.1) is 0 Å². The lowest BCUT2D eigenvalue weighted by Gasteiger charge is -2.31. The van der Waals surface area contributed by atoms with Crippen LogP contribution in [0.2, 0.25) is 0 Å². The van der Waals surface area contributed by atoms with E-state index in [9.17, 15) is 14.4 Å². The van der Waals surface area contributed by atoms with Crippen molar-refractivity contribution in [3.63, 3.8) is 0 Å². The van der Waals surface area contributed by atoms with Crippen LogP contribution in [0.1, 0.15) is 34.8 Å². The number of carbonyl (C=O) groups excluding carboxylic acids is 1. The monoisotopic (exact) mass is 392 g/mol. The average Bonchev–Trinajstić information content (AvgIpc) is 2.75. The van der Waals surface area contributed by atoms with Gasteiger partial charge in [-0.15, -0.1) is 0 Å². The van der Waals surface area contributed by atoms with Crippen LogP contribution in [-0.4, -0.2) is 48.4 Å². The fourth-order valence-electron chi connectivity index (χ4n) is 3.51. The number of aromatic nitrogens is 5. The van der Waals surface area contributed by atoms with E-state index < -0.39 is 0 Å². The molecule has 1 aliphatic rings. The molecule has 4 heterocycles. The van der Waals surface area contributed by atoms with Crippen LogP contribution in [0.5, 0.6) is 0 Å². The number of nitrogens with zero attached hydrogens (tertiary/aromatic N) is 5. The minimum absolute atomic E-state index is 0.0805. The standard InChI is InChI=1S/C20H20N6O3/c1-25-12-14(2-3-18(25)28)20(29)26-8-4-13(5-9-26)15-10-17(27)24-19(23-15)16-11-21-6-7-22-16/h2-3,6-7,10-13H,4-5,8-9H2,1H3,(H,23,24,27). The zero-order valence-electron chi connectivity index (χ0n) is 15.9. The summed E-state index contributed by atoms with van der Waals surface area (Å²) in [7, 11) is 1.62. The number of hydrogen-bond acceptors (Lipinski definition) is 6. The molecule has 0 unspecified atom stereocenters. The summed E-state index contributed by atoms with van der Waals surface area (Å²) in [6.07, 6.45) is 7.62. The molecule has 9 nitrogen and oxygen atoms in total. The molecule has 3 aromatic heterocycles. The molecule has 0 aliphatic carbocycles. The SMILES string of the molecule is Cn1cc(C(=O)N2CCC(c3cc(=O)[nH]c(-c4cnccn4)n3)CC2)ccc1=O. The highest BCUT2D eigenvalue weighted by Crippen LogP contribution is 2.27. The summed E-state index contributed by atoms with van der Waals surface area (Å²) in [5.41, 5.74) is 1.31. The van der Waals surface area contributed by atoms with Gasteiger partial charge in [-0.25, -0.2) is 9.97 Å². The van der Waals surface area contributed by atoms with Crippen LogP contribution in [0.15, 0.2) is 52.6 Å². The number of nitrogens with one attached hydrogen (secondary N) is 1. The molecule has 9 heteroatoms. The van der Waals surface area contributed by atoms with Gasteiger partial charge in [0.15, 0.2) is 5.82 Å². The summed E-state index contributed by atoms with van der Waals surface area (Å²) in [5.74, 6) is 0.374. The molecule has 148 valence electrons. The van der Waals surface area contributed by atoms with E-state index >= 15 is 0 Å². The van der Waals surface area contributed by atoms with E-state index in [2.05, 4.69) is 19.9 Å². The van der Waals surface area contributed by atoms with E-state index in [1.165, 1.54) is 16.7 Å². The molecule has 0 radical (unpaired) electrons. The van der Waals surface area contributed by atoms with Crippen molar-refractivity contribution in [2.24, 2.45) is 7.05 Å². The number of likely N-dealkylation sites (tertiary alicyclic amines) is 1. The van der Waals surface area contributed by atoms with Crippen molar-refractivity contribution >= 4 is 5.91 Å². The third kappa shape index (κ3) is 3.98. The van der Waals surface area contributed by atoms with E-state index in [4.69, 9.17) is 0 Å². The molecule has 1 amide bonds.